The second-order valence-corrected chi connectivity index (χ2v) is 6.69. The number of anilines is 1. The van der Waals surface area contributed by atoms with Crippen molar-refractivity contribution in [3.63, 3.8) is 0 Å². The Kier molecular flexibility index (Phi) is 5.65. The highest BCUT2D eigenvalue weighted by Gasteiger charge is 2.36. The van der Waals surface area contributed by atoms with Gasteiger partial charge in [-0.3, -0.25) is 19.3 Å². The zero-order valence-corrected chi connectivity index (χ0v) is 15.5. The first-order valence-electron chi connectivity index (χ1n) is 8.06. The summed E-state index contributed by atoms with van der Waals surface area (Å²) in [5, 5.41) is 11.8. The maximum atomic E-state index is 13.6. The first-order valence-corrected chi connectivity index (χ1v) is 8.88. The third-order valence-electron chi connectivity index (χ3n) is 3.86. The Bertz CT molecular complexity index is 992. The summed E-state index contributed by atoms with van der Waals surface area (Å²) < 4.78 is 18.6. The number of aromatic hydroxyl groups is 1. The number of methoxy groups -OCH3 is 1. The normalized spacial score (nSPS) is 15.2. The number of carbonyl (C=O) groups is 3. The number of ether oxygens (including phenoxy) is 1. The number of carbonyl (C=O) groups excluding carboxylic acids is 3. The summed E-state index contributed by atoms with van der Waals surface area (Å²) in [4.78, 5) is 37.5. The predicted octanol–water partition coefficient (Wildman–Crippen LogP) is 3.21. The minimum absolute atomic E-state index is 0.0451. The van der Waals surface area contributed by atoms with Crippen LogP contribution in [0.3, 0.4) is 0 Å². The quantitative estimate of drug-likeness (QED) is 0.746. The lowest BCUT2D eigenvalue weighted by Gasteiger charge is -2.12. The van der Waals surface area contributed by atoms with Crippen molar-refractivity contribution in [2.24, 2.45) is 0 Å². The van der Waals surface area contributed by atoms with E-state index in [2.05, 4.69) is 5.32 Å². The van der Waals surface area contributed by atoms with Crippen LogP contribution in [0, 0.1) is 5.82 Å². The van der Waals surface area contributed by atoms with E-state index < -0.39 is 29.4 Å². The van der Waals surface area contributed by atoms with Crippen LogP contribution in [0.15, 0.2) is 47.4 Å². The van der Waals surface area contributed by atoms with Gasteiger partial charge in [0.15, 0.2) is 11.5 Å². The number of benzene rings is 2. The van der Waals surface area contributed by atoms with E-state index in [1.165, 1.54) is 31.4 Å². The summed E-state index contributed by atoms with van der Waals surface area (Å²) in [7, 11) is 1.39. The van der Waals surface area contributed by atoms with Crippen molar-refractivity contribution in [1.29, 1.82) is 0 Å². The number of thioether (sulfide) groups is 1. The molecule has 9 heteroatoms. The van der Waals surface area contributed by atoms with Crippen molar-refractivity contribution in [2.75, 3.05) is 19.0 Å². The molecule has 144 valence electrons. The molecule has 1 aliphatic rings. The number of nitrogens with zero attached hydrogens (tertiary/aromatic N) is 1. The maximum Gasteiger partial charge on any atom is 0.294 e. The van der Waals surface area contributed by atoms with Crippen molar-refractivity contribution in [2.45, 2.75) is 0 Å². The molecule has 1 saturated heterocycles. The minimum atomic E-state index is -0.710. The van der Waals surface area contributed by atoms with Gasteiger partial charge in [0.25, 0.3) is 11.1 Å². The average molecular weight is 402 g/mol. The van der Waals surface area contributed by atoms with Crippen molar-refractivity contribution < 1.29 is 28.6 Å². The Morgan fingerprint density at radius 3 is 2.71 bits per heavy atom. The molecular formula is C19H15FN2O5S. The van der Waals surface area contributed by atoms with Gasteiger partial charge in [0, 0.05) is 5.56 Å². The highest BCUT2D eigenvalue weighted by molar-refractivity contribution is 8.18. The van der Waals surface area contributed by atoms with Crippen LogP contribution >= 0.6 is 11.8 Å². The molecule has 3 rings (SSSR count). The van der Waals surface area contributed by atoms with Gasteiger partial charge < -0.3 is 15.2 Å². The number of imide groups is 1. The van der Waals surface area contributed by atoms with E-state index in [1.807, 2.05) is 0 Å². The molecule has 1 fully saturated rings. The second kappa shape index (κ2) is 8.13. The topological polar surface area (TPSA) is 95.9 Å². The van der Waals surface area contributed by atoms with E-state index in [0.717, 1.165) is 4.90 Å². The third kappa shape index (κ3) is 3.99. The molecule has 0 aliphatic carbocycles. The Morgan fingerprint density at radius 2 is 2.00 bits per heavy atom. The number of amides is 3. The number of rotatable bonds is 5. The highest BCUT2D eigenvalue weighted by Crippen LogP contribution is 2.36. The lowest BCUT2D eigenvalue weighted by atomic mass is 10.1. The summed E-state index contributed by atoms with van der Waals surface area (Å²) in [5.74, 6) is -1.97. The fourth-order valence-electron chi connectivity index (χ4n) is 2.49. The molecule has 2 aromatic rings. The largest absolute Gasteiger partial charge is 0.504 e. The van der Waals surface area contributed by atoms with Gasteiger partial charge in [-0.15, -0.1) is 0 Å². The molecule has 7 nitrogen and oxygen atoms in total. The fourth-order valence-corrected chi connectivity index (χ4v) is 3.32. The van der Waals surface area contributed by atoms with Crippen LogP contribution < -0.4 is 10.1 Å². The lowest BCUT2D eigenvalue weighted by Crippen LogP contribution is -2.36. The van der Waals surface area contributed by atoms with E-state index in [1.54, 1.807) is 24.3 Å². The van der Waals surface area contributed by atoms with Crippen molar-refractivity contribution in [1.82, 2.24) is 4.90 Å². The lowest BCUT2D eigenvalue weighted by molar-refractivity contribution is -0.127. The number of phenolic OH excluding ortho intramolecular Hbond substituents is 1. The number of nitrogens with one attached hydrogen (secondary N) is 1. The molecule has 2 aromatic carbocycles. The van der Waals surface area contributed by atoms with Gasteiger partial charge in [0.2, 0.25) is 5.91 Å². The Hall–Kier alpha value is -3.33. The zero-order chi connectivity index (χ0) is 20.3. The Balaban J connectivity index is 1.75. The fraction of sp³-hybridized carbons (Fsp3) is 0.105. The minimum Gasteiger partial charge on any atom is -0.504 e. The summed E-state index contributed by atoms with van der Waals surface area (Å²) in [6, 6.07) is 10.3. The van der Waals surface area contributed by atoms with E-state index in [9.17, 15) is 23.9 Å². The van der Waals surface area contributed by atoms with E-state index in [4.69, 9.17) is 4.74 Å². The summed E-state index contributed by atoms with van der Waals surface area (Å²) >= 11 is 0.643. The summed E-state index contributed by atoms with van der Waals surface area (Å²) in [5.41, 5.74) is 0.247. The van der Waals surface area contributed by atoms with Crippen LogP contribution in [0.2, 0.25) is 0 Å². The van der Waals surface area contributed by atoms with Crippen molar-refractivity contribution in [3.8, 4) is 11.5 Å². The number of hydrogen-bond acceptors (Lipinski definition) is 6. The van der Waals surface area contributed by atoms with Gasteiger partial charge in [0.1, 0.15) is 12.4 Å². The molecule has 2 N–H and O–H groups in total. The molecule has 1 heterocycles. The number of hydrogen-bond donors (Lipinski definition) is 2. The van der Waals surface area contributed by atoms with E-state index in [-0.39, 0.29) is 22.1 Å². The molecular weight excluding hydrogens is 387 g/mol. The van der Waals surface area contributed by atoms with Gasteiger partial charge in [-0.1, -0.05) is 24.3 Å². The SMILES string of the molecule is COc1cccc(/C=C2/SC(=O)N(CC(=O)Nc3ccccc3F)C2=O)c1O. The number of para-hydroxylation sites is 2. The van der Waals surface area contributed by atoms with Crippen LogP contribution in [0.1, 0.15) is 5.56 Å². The first-order chi connectivity index (χ1) is 13.4. The first kappa shape index (κ1) is 19.4. The molecule has 0 atom stereocenters. The summed E-state index contributed by atoms with van der Waals surface area (Å²) in [6.45, 7) is -0.555. The Labute approximate surface area is 163 Å². The molecule has 0 aromatic heterocycles. The molecule has 28 heavy (non-hydrogen) atoms. The molecule has 0 spiro atoms. The predicted molar refractivity (Wildman–Crippen MR) is 102 cm³/mol. The number of halogens is 1. The van der Waals surface area contributed by atoms with Crippen LogP contribution in [-0.2, 0) is 9.59 Å². The van der Waals surface area contributed by atoms with Crippen LogP contribution in [0.5, 0.6) is 11.5 Å². The van der Waals surface area contributed by atoms with Crippen LogP contribution in [-0.4, -0.2) is 40.7 Å². The standard InChI is InChI=1S/C19H15FN2O5S/c1-27-14-8-4-5-11(17(14)24)9-15-18(25)22(19(26)28-15)10-16(23)21-13-7-3-2-6-12(13)20/h2-9,24H,10H2,1H3,(H,21,23)/b15-9+. The van der Waals surface area contributed by atoms with Crippen LogP contribution in [0.4, 0.5) is 14.9 Å². The number of phenols is 1. The van der Waals surface area contributed by atoms with Gasteiger partial charge >= 0.3 is 0 Å². The molecule has 0 saturated carbocycles. The monoisotopic (exact) mass is 402 g/mol. The highest BCUT2D eigenvalue weighted by atomic mass is 32.2. The smallest absolute Gasteiger partial charge is 0.294 e. The molecule has 3 amide bonds. The van der Waals surface area contributed by atoms with Gasteiger partial charge in [-0.05, 0) is 36.0 Å². The van der Waals surface area contributed by atoms with Crippen molar-refractivity contribution >= 4 is 40.6 Å². The maximum absolute atomic E-state index is 13.6. The van der Waals surface area contributed by atoms with Gasteiger partial charge in [0.05, 0.1) is 17.7 Å². The van der Waals surface area contributed by atoms with E-state index >= 15 is 0 Å². The van der Waals surface area contributed by atoms with E-state index in [0.29, 0.717) is 17.3 Å². The molecule has 0 bridgehead atoms. The molecule has 1 aliphatic heterocycles. The second-order valence-electron chi connectivity index (χ2n) is 5.69. The Morgan fingerprint density at radius 1 is 1.25 bits per heavy atom. The van der Waals surface area contributed by atoms with Gasteiger partial charge in [-0.25, -0.2) is 4.39 Å². The molecule has 0 radical (unpaired) electrons. The summed E-state index contributed by atoms with van der Waals surface area (Å²) in [6.07, 6.45) is 1.34. The average Bonchev–Trinajstić information content (AvgIpc) is 2.93. The zero-order valence-electron chi connectivity index (χ0n) is 14.6. The third-order valence-corrected chi connectivity index (χ3v) is 4.77. The molecule has 0 unspecified atom stereocenters. The van der Waals surface area contributed by atoms with Crippen LogP contribution in [0.25, 0.3) is 6.08 Å². The van der Waals surface area contributed by atoms with Gasteiger partial charge in [-0.2, -0.15) is 0 Å². The van der Waals surface area contributed by atoms with Crippen molar-refractivity contribution in [3.05, 3.63) is 58.8 Å².